The van der Waals surface area contributed by atoms with Crippen molar-refractivity contribution >= 4 is 28.1 Å². The third-order valence-electron chi connectivity index (χ3n) is 3.14. The van der Waals surface area contributed by atoms with Crippen LogP contribution in [0.2, 0.25) is 0 Å². The Morgan fingerprint density at radius 3 is 3.05 bits per heavy atom. The molecule has 5 nitrogen and oxygen atoms in total. The molecular formula is C14H13N3O2S. The lowest BCUT2D eigenvalue weighted by atomic mass is 10.1. The number of carbonyl (C=O) groups excluding carboxylic acids is 1. The largest absolute Gasteiger partial charge is 0.357 e. The van der Waals surface area contributed by atoms with Crippen molar-refractivity contribution in [2.75, 3.05) is 0 Å². The first kappa shape index (κ1) is 12.7. The standard InChI is InChI=1S/C14H13N3O2S/c1-17-8-11(10-4-5-15-12(10)14(17)19)13(18)16-7-9-3-2-6-20-9/h2-6,8,15H,7H2,1H3,(H,16,18). The quantitative estimate of drug-likeness (QED) is 0.772. The van der Waals surface area contributed by atoms with Crippen LogP contribution in [0.15, 0.2) is 40.8 Å². The van der Waals surface area contributed by atoms with Crippen LogP contribution in [0.25, 0.3) is 10.9 Å². The first-order valence-electron chi connectivity index (χ1n) is 6.14. The summed E-state index contributed by atoms with van der Waals surface area (Å²) in [6.45, 7) is 0.491. The van der Waals surface area contributed by atoms with E-state index in [1.165, 1.54) is 4.57 Å². The van der Waals surface area contributed by atoms with Crippen molar-refractivity contribution in [1.29, 1.82) is 0 Å². The van der Waals surface area contributed by atoms with Crippen LogP contribution in [-0.4, -0.2) is 15.5 Å². The zero-order chi connectivity index (χ0) is 14.1. The topological polar surface area (TPSA) is 66.9 Å². The van der Waals surface area contributed by atoms with E-state index in [1.54, 1.807) is 36.8 Å². The molecule has 3 rings (SSSR count). The monoisotopic (exact) mass is 287 g/mol. The molecule has 2 N–H and O–H groups in total. The Morgan fingerprint density at radius 2 is 2.30 bits per heavy atom. The van der Waals surface area contributed by atoms with Gasteiger partial charge in [-0.25, -0.2) is 0 Å². The van der Waals surface area contributed by atoms with Crippen molar-refractivity contribution in [1.82, 2.24) is 14.9 Å². The number of amides is 1. The number of fused-ring (bicyclic) bond motifs is 1. The Balaban J connectivity index is 1.93. The number of thiophene rings is 1. The Morgan fingerprint density at radius 1 is 1.45 bits per heavy atom. The molecule has 0 unspecified atom stereocenters. The van der Waals surface area contributed by atoms with Gasteiger partial charge in [0.25, 0.3) is 11.5 Å². The van der Waals surface area contributed by atoms with Gasteiger partial charge in [0.2, 0.25) is 0 Å². The molecule has 0 bridgehead atoms. The smallest absolute Gasteiger partial charge is 0.274 e. The van der Waals surface area contributed by atoms with Gasteiger partial charge in [0.05, 0.1) is 12.1 Å². The van der Waals surface area contributed by atoms with Crippen molar-refractivity contribution in [3.63, 3.8) is 0 Å². The number of aromatic amines is 1. The minimum Gasteiger partial charge on any atom is -0.357 e. The van der Waals surface area contributed by atoms with Crippen LogP contribution < -0.4 is 10.9 Å². The molecule has 0 fully saturated rings. The van der Waals surface area contributed by atoms with E-state index in [0.717, 1.165) is 4.88 Å². The fourth-order valence-electron chi connectivity index (χ4n) is 2.13. The van der Waals surface area contributed by atoms with Crippen LogP contribution >= 0.6 is 11.3 Å². The van der Waals surface area contributed by atoms with Crippen molar-refractivity contribution in [2.24, 2.45) is 7.05 Å². The Labute approximate surface area is 118 Å². The maximum absolute atomic E-state index is 12.3. The van der Waals surface area contributed by atoms with Gasteiger partial charge in [-0.05, 0) is 17.5 Å². The fraction of sp³-hybridized carbons (Fsp3) is 0.143. The second-order valence-corrected chi connectivity index (χ2v) is 5.52. The summed E-state index contributed by atoms with van der Waals surface area (Å²) < 4.78 is 1.42. The van der Waals surface area contributed by atoms with Gasteiger partial charge in [0.1, 0.15) is 5.52 Å². The van der Waals surface area contributed by atoms with Crippen molar-refractivity contribution in [3.05, 3.63) is 56.8 Å². The summed E-state index contributed by atoms with van der Waals surface area (Å²) in [7, 11) is 1.64. The molecule has 0 aliphatic rings. The normalized spacial score (nSPS) is 10.8. The number of hydrogen-bond acceptors (Lipinski definition) is 3. The zero-order valence-corrected chi connectivity index (χ0v) is 11.7. The van der Waals surface area contributed by atoms with Crippen LogP contribution in [0, 0.1) is 0 Å². The molecule has 0 aliphatic carbocycles. The van der Waals surface area contributed by atoms with Gasteiger partial charge in [-0.1, -0.05) is 6.07 Å². The highest BCUT2D eigenvalue weighted by molar-refractivity contribution is 7.09. The Kier molecular flexibility index (Phi) is 3.15. The van der Waals surface area contributed by atoms with Crippen molar-refractivity contribution in [2.45, 2.75) is 6.54 Å². The summed E-state index contributed by atoms with van der Waals surface area (Å²) in [5.41, 5.74) is 0.816. The lowest BCUT2D eigenvalue weighted by Gasteiger charge is -2.07. The molecule has 3 heterocycles. The lowest BCUT2D eigenvalue weighted by Crippen LogP contribution is -2.26. The average molecular weight is 287 g/mol. The van der Waals surface area contributed by atoms with Crippen LogP contribution in [0.4, 0.5) is 0 Å². The molecule has 0 spiro atoms. The zero-order valence-electron chi connectivity index (χ0n) is 10.8. The minimum absolute atomic E-state index is 0.139. The number of nitrogens with zero attached hydrogens (tertiary/aromatic N) is 1. The highest BCUT2D eigenvalue weighted by Gasteiger charge is 2.14. The molecule has 0 radical (unpaired) electrons. The molecular weight excluding hydrogens is 274 g/mol. The SMILES string of the molecule is Cn1cc(C(=O)NCc2cccs2)c2cc[nH]c2c1=O. The number of nitrogens with one attached hydrogen (secondary N) is 2. The van der Waals surface area contributed by atoms with Gasteiger partial charge in [0.15, 0.2) is 0 Å². The molecule has 20 heavy (non-hydrogen) atoms. The van der Waals surface area contributed by atoms with Gasteiger partial charge < -0.3 is 14.9 Å². The average Bonchev–Trinajstić information content (AvgIpc) is 3.10. The van der Waals surface area contributed by atoms with E-state index in [2.05, 4.69) is 10.3 Å². The van der Waals surface area contributed by atoms with Crippen LogP contribution in [0.5, 0.6) is 0 Å². The third kappa shape index (κ3) is 2.14. The summed E-state index contributed by atoms with van der Waals surface area (Å²) >= 11 is 1.59. The summed E-state index contributed by atoms with van der Waals surface area (Å²) in [4.78, 5) is 28.2. The summed E-state index contributed by atoms with van der Waals surface area (Å²) in [5.74, 6) is -0.182. The van der Waals surface area contributed by atoms with Crippen LogP contribution in [0.1, 0.15) is 15.2 Å². The number of aryl methyl sites for hydroxylation is 1. The molecule has 0 saturated heterocycles. The minimum atomic E-state index is -0.182. The molecule has 3 aromatic rings. The van der Waals surface area contributed by atoms with E-state index in [-0.39, 0.29) is 11.5 Å². The Hall–Kier alpha value is -2.34. The first-order chi connectivity index (χ1) is 9.66. The van der Waals surface area contributed by atoms with Gasteiger partial charge in [-0.3, -0.25) is 9.59 Å². The third-order valence-corrected chi connectivity index (χ3v) is 4.02. The van der Waals surface area contributed by atoms with E-state index in [9.17, 15) is 9.59 Å². The summed E-state index contributed by atoms with van der Waals surface area (Å²) in [6.07, 6.45) is 3.24. The van der Waals surface area contributed by atoms with E-state index < -0.39 is 0 Å². The number of pyridine rings is 1. The fourth-order valence-corrected chi connectivity index (χ4v) is 2.77. The summed E-state index contributed by atoms with van der Waals surface area (Å²) in [6, 6.07) is 5.66. The van der Waals surface area contributed by atoms with Crippen LogP contribution in [-0.2, 0) is 13.6 Å². The molecule has 0 saturated carbocycles. The van der Waals surface area contributed by atoms with E-state index >= 15 is 0 Å². The van der Waals surface area contributed by atoms with Gasteiger partial charge in [-0.15, -0.1) is 11.3 Å². The van der Waals surface area contributed by atoms with Crippen LogP contribution in [0.3, 0.4) is 0 Å². The number of aromatic nitrogens is 2. The maximum atomic E-state index is 12.3. The highest BCUT2D eigenvalue weighted by atomic mass is 32.1. The number of hydrogen-bond donors (Lipinski definition) is 2. The lowest BCUT2D eigenvalue weighted by molar-refractivity contribution is 0.0952. The number of rotatable bonds is 3. The number of carbonyl (C=O) groups is 1. The molecule has 102 valence electrons. The maximum Gasteiger partial charge on any atom is 0.274 e. The van der Waals surface area contributed by atoms with E-state index in [4.69, 9.17) is 0 Å². The van der Waals surface area contributed by atoms with Gasteiger partial charge in [0, 0.05) is 29.7 Å². The predicted octanol–water partition coefficient (Wildman–Crippen LogP) is 1.86. The number of H-pyrrole nitrogens is 1. The van der Waals surface area contributed by atoms with E-state index in [0.29, 0.717) is 23.0 Å². The highest BCUT2D eigenvalue weighted by Crippen LogP contribution is 2.14. The van der Waals surface area contributed by atoms with E-state index in [1.807, 2.05) is 17.5 Å². The molecule has 1 amide bonds. The Bertz CT molecular complexity index is 815. The van der Waals surface area contributed by atoms with Gasteiger partial charge >= 0.3 is 0 Å². The molecule has 0 aliphatic heterocycles. The molecule has 3 aromatic heterocycles. The second kappa shape index (κ2) is 4.97. The molecule has 0 atom stereocenters. The predicted molar refractivity (Wildman–Crippen MR) is 79.0 cm³/mol. The first-order valence-corrected chi connectivity index (χ1v) is 7.02. The molecule has 6 heteroatoms. The van der Waals surface area contributed by atoms with Gasteiger partial charge in [-0.2, -0.15) is 0 Å². The van der Waals surface area contributed by atoms with Crippen molar-refractivity contribution in [3.8, 4) is 0 Å². The molecule has 0 aromatic carbocycles. The van der Waals surface area contributed by atoms with Crippen molar-refractivity contribution < 1.29 is 4.79 Å². The second-order valence-electron chi connectivity index (χ2n) is 4.49. The summed E-state index contributed by atoms with van der Waals surface area (Å²) in [5, 5.41) is 5.49.